The Labute approximate surface area is 98.1 Å². The van der Waals surface area contributed by atoms with Crippen LogP contribution in [0.4, 0.5) is 0 Å². The van der Waals surface area contributed by atoms with Crippen molar-refractivity contribution in [1.29, 1.82) is 0 Å². The number of hydrogen-bond acceptors (Lipinski definition) is 0. The fourth-order valence-electron chi connectivity index (χ4n) is 1.75. The van der Waals surface area contributed by atoms with E-state index in [1.165, 1.54) is 22.5 Å². The van der Waals surface area contributed by atoms with Crippen molar-refractivity contribution in [1.82, 2.24) is 4.57 Å². The SMILES string of the molecule is C=C/C=C\c1c(/C=C\C=C)c(C)n(C)c1C. The summed E-state index contributed by atoms with van der Waals surface area (Å²) in [5.74, 6) is 0. The highest BCUT2D eigenvalue weighted by molar-refractivity contribution is 5.70. The van der Waals surface area contributed by atoms with Crippen LogP contribution in [0, 0.1) is 13.8 Å². The summed E-state index contributed by atoms with van der Waals surface area (Å²) in [7, 11) is 2.08. The van der Waals surface area contributed by atoms with Crippen molar-refractivity contribution in [3.63, 3.8) is 0 Å². The molecule has 0 bridgehead atoms. The van der Waals surface area contributed by atoms with Gasteiger partial charge in [-0.15, -0.1) is 0 Å². The van der Waals surface area contributed by atoms with Gasteiger partial charge in [0.25, 0.3) is 0 Å². The van der Waals surface area contributed by atoms with Gasteiger partial charge >= 0.3 is 0 Å². The van der Waals surface area contributed by atoms with E-state index in [1.54, 1.807) is 12.2 Å². The van der Waals surface area contributed by atoms with Crippen LogP contribution in [0.5, 0.6) is 0 Å². The first kappa shape index (κ1) is 12.3. The lowest BCUT2D eigenvalue weighted by molar-refractivity contribution is 0.842. The fourth-order valence-corrected chi connectivity index (χ4v) is 1.75. The van der Waals surface area contributed by atoms with E-state index in [2.05, 4.69) is 50.8 Å². The zero-order valence-electron chi connectivity index (χ0n) is 10.3. The molecule has 1 heterocycles. The molecule has 0 aliphatic rings. The predicted octanol–water partition coefficient (Wildman–Crippen LogP) is 4.04. The standard InChI is InChI=1S/C15H19N/c1-6-8-10-14-12(3)16(5)13(4)15(14)11-9-7-2/h6-11H,1-2H2,3-5H3/b10-8-,11-9-. The van der Waals surface area contributed by atoms with Crippen molar-refractivity contribution in [2.45, 2.75) is 13.8 Å². The average molecular weight is 213 g/mol. The Bertz CT molecular complexity index is 415. The Morgan fingerprint density at radius 1 is 0.875 bits per heavy atom. The topological polar surface area (TPSA) is 4.93 Å². The lowest BCUT2D eigenvalue weighted by Crippen LogP contribution is -1.93. The van der Waals surface area contributed by atoms with E-state index >= 15 is 0 Å². The van der Waals surface area contributed by atoms with E-state index in [1.807, 2.05) is 12.2 Å². The molecule has 0 N–H and O–H groups in total. The van der Waals surface area contributed by atoms with Crippen molar-refractivity contribution in [2.75, 3.05) is 0 Å². The van der Waals surface area contributed by atoms with Crippen LogP contribution < -0.4 is 0 Å². The molecule has 0 aromatic carbocycles. The Kier molecular flexibility index (Phi) is 4.12. The fraction of sp³-hybridized carbons (Fsp3) is 0.200. The van der Waals surface area contributed by atoms with Gasteiger partial charge < -0.3 is 4.57 Å². The van der Waals surface area contributed by atoms with Crippen LogP contribution in [0.2, 0.25) is 0 Å². The van der Waals surface area contributed by atoms with Crippen molar-refractivity contribution in [3.8, 4) is 0 Å². The summed E-state index contributed by atoms with van der Waals surface area (Å²) in [6, 6.07) is 0. The molecule has 0 amide bonds. The van der Waals surface area contributed by atoms with E-state index < -0.39 is 0 Å². The van der Waals surface area contributed by atoms with Gasteiger partial charge in [0.2, 0.25) is 0 Å². The number of nitrogens with zero attached hydrogens (tertiary/aromatic N) is 1. The molecular weight excluding hydrogens is 194 g/mol. The summed E-state index contributed by atoms with van der Waals surface area (Å²) in [5.41, 5.74) is 5.02. The second-order valence-electron chi connectivity index (χ2n) is 3.75. The molecule has 1 heteroatoms. The van der Waals surface area contributed by atoms with Crippen LogP contribution in [0.25, 0.3) is 12.2 Å². The van der Waals surface area contributed by atoms with Crippen LogP contribution in [0.3, 0.4) is 0 Å². The number of rotatable bonds is 4. The zero-order valence-corrected chi connectivity index (χ0v) is 10.3. The summed E-state index contributed by atoms with van der Waals surface area (Å²) in [6.45, 7) is 11.6. The minimum Gasteiger partial charge on any atom is -0.351 e. The molecule has 0 spiro atoms. The third-order valence-corrected chi connectivity index (χ3v) is 2.87. The molecule has 16 heavy (non-hydrogen) atoms. The summed E-state index contributed by atoms with van der Waals surface area (Å²) >= 11 is 0. The third kappa shape index (κ3) is 2.25. The van der Waals surface area contributed by atoms with E-state index in [-0.39, 0.29) is 0 Å². The van der Waals surface area contributed by atoms with Gasteiger partial charge in [0, 0.05) is 29.6 Å². The first-order valence-corrected chi connectivity index (χ1v) is 5.37. The molecular formula is C15H19N. The predicted molar refractivity (Wildman–Crippen MR) is 73.3 cm³/mol. The molecule has 0 radical (unpaired) electrons. The molecule has 1 rings (SSSR count). The van der Waals surface area contributed by atoms with E-state index in [0.29, 0.717) is 0 Å². The normalized spacial score (nSPS) is 11.4. The van der Waals surface area contributed by atoms with Gasteiger partial charge in [0.15, 0.2) is 0 Å². The molecule has 0 saturated heterocycles. The minimum absolute atomic E-state index is 1.25. The average Bonchev–Trinajstić information content (AvgIpc) is 2.49. The Morgan fingerprint density at radius 3 is 1.56 bits per heavy atom. The smallest absolute Gasteiger partial charge is 0.0222 e. The lowest BCUT2D eigenvalue weighted by Gasteiger charge is -1.98. The van der Waals surface area contributed by atoms with Gasteiger partial charge in [-0.05, 0) is 13.8 Å². The van der Waals surface area contributed by atoms with Gasteiger partial charge in [0.1, 0.15) is 0 Å². The maximum atomic E-state index is 3.70. The maximum absolute atomic E-state index is 3.70. The van der Waals surface area contributed by atoms with Crippen LogP contribution in [0.1, 0.15) is 22.5 Å². The molecule has 0 aliphatic heterocycles. The maximum Gasteiger partial charge on any atom is 0.0222 e. The zero-order chi connectivity index (χ0) is 12.1. The Balaban J connectivity index is 3.37. The molecule has 1 aromatic heterocycles. The second-order valence-corrected chi connectivity index (χ2v) is 3.75. The first-order valence-electron chi connectivity index (χ1n) is 5.37. The quantitative estimate of drug-likeness (QED) is 0.665. The van der Waals surface area contributed by atoms with Crippen LogP contribution in [-0.4, -0.2) is 4.57 Å². The monoisotopic (exact) mass is 213 g/mol. The molecule has 0 unspecified atom stereocenters. The molecule has 0 fully saturated rings. The second kappa shape index (κ2) is 5.36. The van der Waals surface area contributed by atoms with Gasteiger partial charge in [-0.2, -0.15) is 0 Å². The molecule has 0 atom stereocenters. The number of allylic oxidation sites excluding steroid dienone is 4. The number of hydrogen-bond donors (Lipinski definition) is 0. The molecule has 0 aliphatic carbocycles. The van der Waals surface area contributed by atoms with E-state index in [4.69, 9.17) is 0 Å². The molecule has 84 valence electrons. The Morgan fingerprint density at radius 2 is 1.25 bits per heavy atom. The highest BCUT2D eigenvalue weighted by atomic mass is 15.0. The van der Waals surface area contributed by atoms with E-state index in [0.717, 1.165) is 0 Å². The summed E-state index contributed by atoms with van der Waals surface area (Å²) in [5, 5.41) is 0. The van der Waals surface area contributed by atoms with Gasteiger partial charge in [-0.25, -0.2) is 0 Å². The number of aromatic nitrogens is 1. The van der Waals surface area contributed by atoms with Crippen molar-refractivity contribution < 1.29 is 0 Å². The van der Waals surface area contributed by atoms with Crippen molar-refractivity contribution >= 4 is 12.2 Å². The molecule has 1 nitrogen and oxygen atoms in total. The van der Waals surface area contributed by atoms with Crippen LogP contribution in [0.15, 0.2) is 37.5 Å². The van der Waals surface area contributed by atoms with Crippen LogP contribution in [-0.2, 0) is 7.05 Å². The third-order valence-electron chi connectivity index (χ3n) is 2.87. The highest BCUT2D eigenvalue weighted by Gasteiger charge is 2.10. The summed E-state index contributed by atoms with van der Waals surface area (Å²) in [4.78, 5) is 0. The van der Waals surface area contributed by atoms with Crippen LogP contribution >= 0.6 is 0 Å². The lowest BCUT2D eigenvalue weighted by atomic mass is 10.1. The largest absolute Gasteiger partial charge is 0.351 e. The minimum atomic E-state index is 1.25. The Hall–Kier alpha value is -1.76. The van der Waals surface area contributed by atoms with Crippen molar-refractivity contribution in [3.05, 3.63) is 60.0 Å². The van der Waals surface area contributed by atoms with Gasteiger partial charge in [0.05, 0.1) is 0 Å². The molecule has 0 saturated carbocycles. The van der Waals surface area contributed by atoms with Gasteiger partial charge in [-0.3, -0.25) is 0 Å². The van der Waals surface area contributed by atoms with Crippen molar-refractivity contribution in [2.24, 2.45) is 7.05 Å². The summed E-state index contributed by atoms with van der Waals surface area (Å²) in [6.07, 6.45) is 11.7. The molecule has 1 aromatic rings. The van der Waals surface area contributed by atoms with E-state index in [9.17, 15) is 0 Å². The highest BCUT2D eigenvalue weighted by Crippen LogP contribution is 2.24. The first-order chi connectivity index (χ1) is 7.63. The van der Waals surface area contributed by atoms with Gasteiger partial charge in [-0.1, -0.05) is 49.6 Å². The summed E-state index contributed by atoms with van der Waals surface area (Å²) < 4.78 is 2.20.